The van der Waals surface area contributed by atoms with Gasteiger partial charge in [0.25, 0.3) is 0 Å². The summed E-state index contributed by atoms with van der Waals surface area (Å²) in [5, 5.41) is 3.35. The van der Waals surface area contributed by atoms with Gasteiger partial charge < -0.3 is 15.8 Å². The van der Waals surface area contributed by atoms with Crippen LogP contribution >= 0.6 is 0 Å². The minimum atomic E-state index is 0.244. The number of nitrogens with zero attached hydrogens (tertiary/aromatic N) is 3. The maximum Gasteiger partial charge on any atom is 0.188 e. The van der Waals surface area contributed by atoms with Gasteiger partial charge in [-0.3, -0.25) is 14.8 Å². The standard InChI is InChI=1S/C21H35N5O/c1-3-25-10-4-5-19(25)15-23-21(22)24-16-20(26-11-13-27-14-12-26)18-8-6-17(2)7-9-18/h6-9,19-20H,3-5,10-16H2,1-2H3,(H3,22,23,24). The number of guanidine groups is 1. The Morgan fingerprint density at radius 2 is 2.00 bits per heavy atom. The number of benzene rings is 1. The molecule has 2 aliphatic heterocycles. The van der Waals surface area contributed by atoms with Crippen molar-refractivity contribution < 1.29 is 4.74 Å². The zero-order chi connectivity index (χ0) is 19.1. The van der Waals surface area contributed by atoms with E-state index in [0.29, 0.717) is 18.5 Å². The van der Waals surface area contributed by atoms with Crippen LogP contribution in [0.4, 0.5) is 0 Å². The molecule has 27 heavy (non-hydrogen) atoms. The molecule has 1 aromatic rings. The molecule has 3 rings (SSSR count). The molecule has 2 fully saturated rings. The Labute approximate surface area is 163 Å². The second kappa shape index (κ2) is 10.1. The van der Waals surface area contributed by atoms with Crippen molar-refractivity contribution in [3.05, 3.63) is 35.4 Å². The molecule has 6 nitrogen and oxygen atoms in total. The fourth-order valence-corrected chi connectivity index (χ4v) is 4.12. The summed E-state index contributed by atoms with van der Waals surface area (Å²) in [5.41, 5.74) is 8.77. The largest absolute Gasteiger partial charge is 0.379 e. The number of nitrogens with one attached hydrogen (secondary N) is 1. The highest BCUT2D eigenvalue weighted by Crippen LogP contribution is 2.23. The molecular formula is C21H35N5O. The quantitative estimate of drug-likeness (QED) is 0.563. The van der Waals surface area contributed by atoms with E-state index in [2.05, 4.69) is 53.2 Å². The Kier molecular flexibility index (Phi) is 7.50. The van der Waals surface area contributed by atoms with Gasteiger partial charge in [-0.2, -0.15) is 0 Å². The van der Waals surface area contributed by atoms with E-state index < -0.39 is 0 Å². The number of morpholine rings is 1. The second-order valence-corrected chi connectivity index (χ2v) is 7.61. The number of likely N-dealkylation sites (tertiary alicyclic amines) is 1. The average Bonchev–Trinajstić information content (AvgIpc) is 3.16. The van der Waals surface area contributed by atoms with Crippen molar-refractivity contribution in [3.8, 4) is 0 Å². The molecule has 2 atom stereocenters. The van der Waals surface area contributed by atoms with Crippen LogP contribution in [0, 0.1) is 6.92 Å². The van der Waals surface area contributed by atoms with E-state index in [4.69, 9.17) is 15.5 Å². The molecule has 0 bridgehead atoms. The molecule has 2 unspecified atom stereocenters. The number of hydrogen-bond donors (Lipinski definition) is 2. The summed E-state index contributed by atoms with van der Waals surface area (Å²) >= 11 is 0. The van der Waals surface area contributed by atoms with Crippen LogP contribution in [0.25, 0.3) is 0 Å². The maximum absolute atomic E-state index is 6.20. The van der Waals surface area contributed by atoms with Crippen molar-refractivity contribution in [1.82, 2.24) is 15.1 Å². The van der Waals surface area contributed by atoms with Crippen LogP contribution in [0.3, 0.4) is 0 Å². The molecule has 0 spiro atoms. The van der Waals surface area contributed by atoms with Crippen LogP contribution in [0.2, 0.25) is 0 Å². The summed E-state index contributed by atoms with van der Waals surface area (Å²) in [6.07, 6.45) is 2.53. The number of ether oxygens (including phenoxy) is 1. The first-order valence-electron chi connectivity index (χ1n) is 10.3. The molecule has 150 valence electrons. The lowest BCUT2D eigenvalue weighted by molar-refractivity contribution is 0.0180. The second-order valence-electron chi connectivity index (χ2n) is 7.61. The highest BCUT2D eigenvalue weighted by molar-refractivity contribution is 5.77. The van der Waals surface area contributed by atoms with E-state index in [1.807, 2.05) is 0 Å². The van der Waals surface area contributed by atoms with Crippen molar-refractivity contribution in [3.63, 3.8) is 0 Å². The Morgan fingerprint density at radius 1 is 1.26 bits per heavy atom. The molecule has 0 aliphatic carbocycles. The summed E-state index contributed by atoms with van der Waals surface area (Å²) in [6.45, 7) is 11.7. The molecule has 0 amide bonds. The molecule has 2 saturated heterocycles. The summed E-state index contributed by atoms with van der Waals surface area (Å²) in [4.78, 5) is 9.67. The van der Waals surface area contributed by atoms with Crippen molar-refractivity contribution in [2.75, 3.05) is 52.5 Å². The predicted molar refractivity (Wildman–Crippen MR) is 111 cm³/mol. The Morgan fingerprint density at radius 3 is 2.70 bits per heavy atom. The van der Waals surface area contributed by atoms with E-state index in [1.165, 1.54) is 30.5 Å². The summed E-state index contributed by atoms with van der Waals surface area (Å²) in [6, 6.07) is 9.60. The maximum atomic E-state index is 6.20. The SMILES string of the molecule is CCN1CCCC1CNC(N)=NCC(c1ccc(C)cc1)N1CCOCC1. The van der Waals surface area contributed by atoms with Crippen molar-refractivity contribution in [2.24, 2.45) is 10.7 Å². The van der Waals surface area contributed by atoms with E-state index in [0.717, 1.165) is 39.4 Å². The van der Waals surface area contributed by atoms with Gasteiger partial charge in [-0.05, 0) is 38.4 Å². The zero-order valence-electron chi connectivity index (χ0n) is 16.9. The fourth-order valence-electron chi connectivity index (χ4n) is 4.12. The lowest BCUT2D eigenvalue weighted by atomic mass is 10.0. The highest BCUT2D eigenvalue weighted by atomic mass is 16.5. The Balaban J connectivity index is 1.60. The van der Waals surface area contributed by atoms with Crippen LogP contribution < -0.4 is 11.1 Å². The van der Waals surface area contributed by atoms with Crippen LogP contribution in [0.5, 0.6) is 0 Å². The third kappa shape index (κ3) is 5.67. The van der Waals surface area contributed by atoms with Crippen LogP contribution in [0.15, 0.2) is 29.3 Å². The number of nitrogens with two attached hydrogens (primary N) is 1. The lowest BCUT2D eigenvalue weighted by Crippen LogP contribution is -2.43. The first-order valence-corrected chi connectivity index (χ1v) is 10.3. The average molecular weight is 374 g/mol. The van der Waals surface area contributed by atoms with Gasteiger partial charge in [-0.15, -0.1) is 0 Å². The summed E-state index contributed by atoms with van der Waals surface area (Å²) in [7, 11) is 0. The van der Waals surface area contributed by atoms with Crippen LogP contribution in [0.1, 0.15) is 36.9 Å². The number of rotatable bonds is 7. The van der Waals surface area contributed by atoms with Crippen molar-refractivity contribution >= 4 is 5.96 Å². The first kappa shape index (κ1) is 20.1. The Bertz CT molecular complexity index is 597. The third-order valence-electron chi connectivity index (χ3n) is 5.81. The van der Waals surface area contributed by atoms with Gasteiger partial charge in [0, 0.05) is 25.7 Å². The van der Waals surface area contributed by atoms with E-state index in [9.17, 15) is 0 Å². The molecule has 6 heteroatoms. The number of likely N-dealkylation sites (N-methyl/N-ethyl adjacent to an activating group) is 1. The van der Waals surface area contributed by atoms with Gasteiger partial charge in [0.2, 0.25) is 0 Å². The molecule has 0 aromatic heterocycles. The molecule has 2 heterocycles. The van der Waals surface area contributed by atoms with Crippen LogP contribution in [-0.2, 0) is 4.74 Å². The first-order chi connectivity index (χ1) is 13.2. The molecule has 0 saturated carbocycles. The minimum Gasteiger partial charge on any atom is -0.379 e. The Hall–Kier alpha value is -1.63. The van der Waals surface area contributed by atoms with E-state index >= 15 is 0 Å². The van der Waals surface area contributed by atoms with E-state index in [-0.39, 0.29) is 6.04 Å². The monoisotopic (exact) mass is 373 g/mol. The van der Waals surface area contributed by atoms with Gasteiger partial charge in [-0.25, -0.2) is 0 Å². The zero-order valence-corrected chi connectivity index (χ0v) is 16.9. The van der Waals surface area contributed by atoms with Gasteiger partial charge >= 0.3 is 0 Å². The van der Waals surface area contributed by atoms with Gasteiger partial charge in [0.05, 0.1) is 25.8 Å². The number of aliphatic imine (C=N–C) groups is 1. The minimum absolute atomic E-state index is 0.244. The lowest BCUT2D eigenvalue weighted by Gasteiger charge is -2.34. The third-order valence-corrected chi connectivity index (χ3v) is 5.81. The van der Waals surface area contributed by atoms with Gasteiger partial charge in [0.1, 0.15) is 0 Å². The molecule has 1 aromatic carbocycles. The number of hydrogen-bond acceptors (Lipinski definition) is 4. The molecular weight excluding hydrogens is 338 g/mol. The molecule has 0 radical (unpaired) electrons. The topological polar surface area (TPSA) is 66.1 Å². The fraction of sp³-hybridized carbons (Fsp3) is 0.667. The van der Waals surface area contributed by atoms with Crippen molar-refractivity contribution in [2.45, 2.75) is 38.8 Å². The summed E-state index contributed by atoms with van der Waals surface area (Å²) in [5.74, 6) is 0.559. The van der Waals surface area contributed by atoms with Crippen molar-refractivity contribution in [1.29, 1.82) is 0 Å². The van der Waals surface area contributed by atoms with Crippen LogP contribution in [-0.4, -0.2) is 74.3 Å². The number of aryl methyl sites for hydroxylation is 1. The molecule has 3 N–H and O–H groups in total. The normalized spacial score (nSPS) is 23.5. The predicted octanol–water partition coefficient (Wildman–Crippen LogP) is 1.76. The van der Waals surface area contributed by atoms with Gasteiger partial charge in [0.15, 0.2) is 5.96 Å². The summed E-state index contributed by atoms with van der Waals surface area (Å²) < 4.78 is 5.53. The molecule has 2 aliphatic rings. The smallest absolute Gasteiger partial charge is 0.188 e. The highest BCUT2D eigenvalue weighted by Gasteiger charge is 2.24. The van der Waals surface area contributed by atoms with E-state index in [1.54, 1.807) is 0 Å². The van der Waals surface area contributed by atoms with Gasteiger partial charge in [-0.1, -0.05) is 36.8 Å².